The molecule has 1 saturated heterocycles. The Kier molecular flexibility index (Phi) is 8.70. The molecular formula is C25H28F3IN4O3. The standard InChI is InChI=1S/C25H28F3IN4O3/c26-25(27,28)22-15-19(5-10-23(22)31-35)30-18-3-8-21(9-4-18)36-16-24(34)33-13-11-32(12-14-33)20-6-1-17(29)2-7-20/h1-2,5-7,10,15,18,21,30H,3-4,8-9,11-14,16H2. The summed E-state index contributed by atoms with van der Waals surface area (Å²) < 4.78 is 46.6. The normalized spacial score (nSPS) is 20.8. The highest BCUT2D eigenvalue weighted by molar-refractivity contribution is 14.1. The molecule has 1 saturated carbocycles. The average Bonchev–Trinajstić information content (AvgIpc) is 2.88. The molecule has 2 aromatic rings. The fourth-order valence-electron chi connectivity index (χ4n) is 4.69. The summed E-state index contributed by atoms with van der Waals surface area (Å²) in [6.45, 7) is 2.92. The molecule has 0 radical (unpaired) electrons. The molecule has 1 heterocycles. The third kappa shape index (κ3) is 6.87. The number of rotatable bonds is 7. The van der Waals surface area contributed by atoms with Crippen LogP contribution in [0.4, 0.5) is 30.2 Å². The van der Waals surface area contributed by atoms with Gasteiger partial charge in [0, 0.05) is 47.2 Å². The number of ether oxygens (including phenoxy) is 1. The summed E-state index contributed by atoms with van der Waals surface area (Å²) in [7, 11) is 0. The van der Waals surface area contributed by atoms with Crippen molar-refractivity contribution < 1.29 is 22.7 Å². The molecule has 1 aliphatic heterocycles. The molecule has 1 amide bonds. The maximum atomic E-state index is 13.2. The van der Waals surface area contributed by atoms with Crippen LogP contribution in [-0.2, 0) is 15.7 Å². The van der Waals surface area contributed by atoms with E-state index in [4.69, 9.17) is 4.74 Å². The molecule has 2 aliphatic rings. The lowest BCUT2D eigenvalue weighted by atomic mass is 9.92. The molecule has 0 unspecified atom stereocenters. The van der Waals surface area contributed by atoms with E-state index in [0.29, 0.717) is 44.5 Å². The van der Waals surface area contributed by atoms with E-state index in [0.717, 1.165) is 30.9 Å². The van der Waals surface area contributed by atoms with Crippen LogP contribution in [0.1, 0.15) is 31.2 Å². The first kappa shape index (κ1) is 26.6. The zero-order valence-corrected chi connectivity index (χ0v) is 21.8. The first-order valence-electron chi connectivity index (χ1n) is 11.9. The fraction of sp³-hybridized carbons (Fsp3) is 0.480. The molecule has 1 N–H and O–H groups in total. The van der Waals surface area contributed by atoms with Crippen LogP contribution in [0.15, 0.2) is 47.6 Å². The number of hydrogen-bond donors (Lipinski definition) is 1. The molecule has 36 heavy (non-hydrogen) atoms. The lowest BCUT2D eigenvalue weighted by Gasteiger charge is -2.36. The van der Waals surface area contributed by atoms with Gasteiger partial charge >= 0.3 is 6.18 Å². The van der Waals surface area contributed by atoms with Crippen LogP contribution >= 0.6 is 22.6 Å². The number of halogens is 4. The Labute approximate surface area is 221 Å². The number of piperazine rings is 1. The maximum Gasteiger partial charge on any atom is 0.418 e. The smallest absolute Gasteiger partial charge is 0.382 e. The SMILES string of the molecule is O=Nc1ccc(NC2CCC(OCC(=O)N3CCN(c4ccc(I)cc4)CC3)CC2)cc1C(F)(F)F. The molecule has 2 aromatic carbocycles. The molecule has 0 aromatic heterocycles. The van der Waals surface area contributed by atoms with E-state index in [-0.39, 0.29) is 24.7 Å². The van der Waals surface area contributed by atoms with Gasteiger partial charge in [0.2, 0.25) is 5.91 Å². The van der Waals surface area contributed by atoms with Crippen LogP contribution in [-0.4, -0.2) is 55.7 Å². The van der Waals surface area contributed by atoms with Crippen LogP contribution in [0.25, 0.3) is 0 Å². The van der Waals surface area contributed by atoms with Crippen molar-refractivity contribution >= 4 is 45.6 Å². The zero-order chi connectivity index (χ0) is 25.7. The van der Waals surface area contributed by atoms with Gasteiger partial charge in [-0.15, -0.1) is 4.91 Å². The zero-order valence-electron chi connectivity index (χ0n) is 19.6. The minimum atomic E-state index is -4.65. The summed E-state index contributed by atoms with van der Waals surface area (Å²) in [4.78, 5) is 27.5. The lowest BCUT2D eigenvalue weighted by molar-refractivity contribution is -0.139. The van der Waals surface area contributed by atoms with Crippen LogP contribution in [0.5, 0.6) is 0 Å². The van der Waals surface area contributed by atoms with Gasteiger partial charge in [0.05, 0.1) is 11.7 Å². The van der Waals surface area contributed by atoms with Crippen molar-refractivity contribution in [1.29, 1.82) is 0 Å². The maximum absolute atomic E-state index is 13.2. The van der Waals surface area contributed by atoms with Crippen LogP contribution in [0, 0.1) is 8.48 Å². The van der Waals surface area contributed by atoms with Gasteiger partial charge in [-0.2, -0.15) is 13.2 Å². The van der Waals surface area contributed by atoms with Gasteiger partial charge in [0.15, 0.2) is 0 Å². The topological polar surface area (TPSA) is 74.2 Å². The molecule has 1 aliphatic carbocycles. The number of amides is 1. The van der Waals surface area contributed by atoms with Gasteiger partial charge in [0.25, 0.3) is 0 Å². The van der Waals surface area contributed by atoms with Gasteiger partial charge < -0.3 is 19.9 Å². The van der Waals surface area contributed by atoms with Crippen molar-refractivity contribution in [3.63, 3.8) is 0 Å². The Bertz CT molecular complexity index is 1050. The van der Waals surface area contributed by atoms with Gasteiger partial charge in [-0.3, -0.25) is 4.79 Å². The van der Waals surface area contributed by atoms with E-state index >= 15 is 0 Å². The minimum absolute atomic E-state index is 0.00831. The molecule has 0 spiro atoms. The molecule has 194 valence electrons. The summed E-state index contributed by atoms with van der Waals surface area (Å²) in [5.74, 6) is -0.0129. The predicted octanol–water partition coefficient (Wildman–Crippen LogP) is 5.80. The average molecular weight is 616 g/mol. The highest BCUT2D eigenvalue weighted by atomic mass is 127. The number of alkyl halides is 3. The van der Waals surface area contributed by atoms with Crippen LogP contribution < -0.4 is 10.2 Å². The Hall–Kier alpha value is -2.41. The number of benzene rings is 2. The number of nitroso groups, excluding NO2 is 1. The third-order valence-corrected chi connectivity index (χ3v) is 7.43. The van der Waals surface area contributed by atoms with Crippen molar-refractivity contribution in [2.24, 2.45) is 5.18 Å². The molecule has 0 atom stereocenters. The second-order valence-corrected chi connectivity index (χ2v) is 10.3. The van der Waals surface area contributed by atoms with Gasteiger partial charge in [0.1, 0.15) is 12.3 Å². The molecule has 0 bridgehead atoms. The quantitative estimate of drug-likeness (QED) is 0.315. The van der Waals surface area contributed by atoms with E-state index in [2.05, 4.69) is 62.2 Å². The summed E-state index contributed by atoms with van der Waals surface area (Å²) >= 11 is 2.28. The highest BCUT2D eigenvalue weighted by Crippen LogP contribution is 2.38. The number of nitrogens with zero attached hydrogens (tertiary/aromatic N) is 3. The summed E-state index contributed by atoms with van der Waals surface area (Å²) in [5.41, 5.74) is -0.197. The Morgan fingerprint density at radius 3 is 2.31 bits per heavy atom. The highest BCUT2D eigenvalue weighted by Gasteiger charge is 2.34. The third-order valence-electron chi connectivity index (χ3n) is 6.71. The second kappa shape index (κ2) is 11.8. The summed E-state index contributed by atoms with van der Waals surface area (Å²) in [5, 5.41) is 5.60. The predicted molar refractivity (Wildman–Crippen MR) is 140 cm³/mol. The minimum Gasteiger partial charge on any atom is -0.382 e. The van der Waals surface area contributed by atoms with E-state index in [1.807, 2.05) is 4.90 Å². The summed E-state index contributed by atoms with van der Waals surface area (Å²) in [6.07, 6.45) is -1.85. The van der Waals surface area contributed by atoms with Gasteiger partial charge in [-0.05, 0) is 95.9 Å². The number of nitrogens with one attached hydrogen (secondary N) is 1. The van der Waals surface area contributed by atoms with E-state index in [9.17, 15) is 22.9 Å². The molecule has 2 fully saturated rings. The second-order valence-electron chi connectivity index (χ2n) is 9.09. The molecule has 11 heteroatoms. The van der Waals surface area contributed by atoms with Crippen molar-refractivity contribution in [1.82, 2.24) is 4.90 Å². The van der Waals surface area contributed by atoms with Gasteiger partial charge in [-0.1, -0.05) is 0 Å². The Morgan fingerprint density at radius 2 is 1.69 bits per heavy atom. The number of anilines is 2. The van der Waals surface area contributed by atoms with Gasteiger partial charge in [-0.25, -0.2) is 0 Å². The summed E-state index contributed by atoms with van der Waals surface area (Å²) in [6, 6.07) is 11.8. The Balaban J connectivity index is 1.19. The fourth-order valence-corrected chi connectivity index (χ4v) is 5.05. The number of hydrogen-bond acceptors (Lipinski definition) is 6. The van der Waals surface area contributed by atoms with E-state index in [1.165, 1.54) is 9.64 Å². The van der Waals surface area contributed by atoms with E-state index in [1.54, 1.807) is 0 Å². The molecule has 4 rings (SSSR count). The Morgan fingerprint density at radius 1 is 1.03 bits per heavy atom. The van der Waals surface area contributed by atoms with Crippen LogP contribution in [0.2, 0.25) is 0 Å². The van der Waals surface area contributed by atoms with Crippen molar-refractivity contribution in [2.45, 2.75) is 44.0 Å². The molecular weight excluding hydrogens is 588 g/mol. The lowest BCUT2D eigenvalue weighted by Crippen LogP contribution is -2.50. The van der Waals surface area contributed by atoms with Crippen LogP contribution in [0.3, 0.4) is 0 Å². The van der Waals surface area contributed by atoms with Crippen molar-refractivity contribution in [2.75, 3.05) is 43.0 Å². The van der Waals surface area contributed by atoms with Crippen molar-refractivity contribution in [3.05, 3.63) is 56.5 Å². The molecule has 7 nitrogen and oxygen atoms in total. The van der Waals surface area contributed by atoms with Crippen molar-refractivity contribution in [3.8, 4) is 0 Å². The number of carbonyl (C=O) groups excluding carboxylic acids is 1. The first-order chi connectivity index (χ1) is 17.2. The first-order valence-corrected chi connectivity index (χ1v) is 13.0. The monoisotopic (exact) mass is 616 g/mol. The number of carbonyl (C=O) groups is 1. The largest absolute Gasteiger partial charge is 0.418 e. The van der Waals surface area contributed by atoms with E-state index < -0.39 is 17.4 Å².